The number of rotatable bonds is 8. The molecular formula is C22H22F3N5O3. The molecule has 0 unspecified atom stereocenters. The van der Waals surface area contributed by atoms with Gasteiger partial charge in [0.2, 0.25) is 0 Å². The number of carbonyl (C=O) groups excluding carboxylic acids is 1. The fourth-order valence-electron chi connectivity index (χ4n) is 3.13. The summed E-state index contributed by atoms with van der Waals surface area (Å²) in [5.74, 6) is -0.460. The number of benzene rings is 2. The fraction of sp³-hybridized carbons (Fsp3) is 0.273. The molecule has 174 valence electrons. The van der Waals surface area contributed by atoms with E-state index in [9.17, 15) is 28.1 Å². The number of halogens is 3. The molecule has 1 aromatic heterocycles. The van der Waals surface area contributed by atoms with Crippen molar-refractivity contribution in [3.05, 3.63) is 87.7 Å². The number of aromatic nitrogens is 2. The summed E-state index contributed by atoms with van der Waals surface area (Å²) < 4.78 is 40.6. The van der Waals surface area contributed by atoms with E-state index < -0.39 is 22.6 Å². The highest BCUT2D eigenvalue weighted by molar-refractivity contribution is 5.92. The Bertz CT molecular complexity index is 1140. The van der Waals surface area contributed by atoms with E-state index in [0.717, 1.165) is 12.1 Å². The lowest BCUT2D eigenvalue weighted by Gasteiger charge is -2.24. The largest absolute Gasteiger partial charge is 0.416 e. The minimum absolute atomic E-state index is 0.0275. The summed E-state index contributed by atoms with van der Waals surface area (Å²) in [5.41, 5.74) is -0.0775. The molecule has 0 atom stereocenters. The molecule has 0 saturated carbocycles. The lowest BCUT2D eigenvalue weighted by atomic mass is 10.1. The lowest BCUT2D eigenvalue weighted by molar-refractivity contribution is -0.384. The van der Waals surface area contributed by atoms with Crippen molar-refractivity contribution in [2.24, 2.45) is 0 Å². The molecule has 0 saturated heterocycles. The van der Waals surface area contributed by atoms with Gasteiger partial charge < -0.3 is 9.80 Å². The second-order valence-corrected chi connectivity index (χ2v) is 7.65. The van der Waals surface area contributed by atoms with Crippen molar-refractivity contribution in [3.8, 4) is 5.69 Å². The third-order valence-electron chi connectivity index (χ3n) is 4.85. The molecule has 11 heteroatoms. The van der Waals surface area contributed by atoms with Crippen LogP contribution in [0.1, 0.15) is 21.6 Å². The summed E-state index contributed by atoms with van der Waals surface area (Å²) >= 11 is 0. The van der Waals surface area contributed by atoms with Crippen molar-refractivity contribution in [1.82, 2.24) is 19.6 Å². The summed E-state index contributed by atoms with van der Waals surface area (Å²) in [7, 11) is 3.65. The van der Waals surface area contributed by atoms with Crippen molar-refractivity contribution in [2.75, 3.05) is 27.2 Å². The van der Waals surface area contributed by atoms with E-state index in [4.69, 9.17) is 0 Å². The molecule has 1 amide bonds. The molecule has 1 heterocycles. The normalized spacial score (nSPS) is 11.6. The van der Waals surface area contributed by atoms with Crippen LogP contribution < -0.4 is 0 Å². The molecule has 8 nitrogen and oxygen atoms in total. The molecule has 0 aliphatic rings. The molecule has 0 aliphatic heterocycles. The Hall–Kier alpha value is -3.73. The molecule has 0 bridgehead atoms. The van der Waals surface area contributed by atoms with E-state index in [1.807, 2.05) is 19.0 Å². The van der Waals surface area contributed by atoms with E-state index in [2.05, 4.69) is 5.10 Å². The van der Waals surface area contributed by atoms with Crippen molar-refractivity contribution >= 4 is 11.6 Å². The zero-order valence-electron chi connectivity index (χ0n) is 18.0. The zero-order chi connectivity index (χ0) is 24.2. The number of amides is 1. The summed E-state index contributed by atoms with van der Waals surface area (Å²) in [5, 5.41) is 15.3. The number of non-ortho nitro benzene ring substituents is 1. The summed E-state index contributed by atoms with van der Waals surface area (Å²) in [6.45, 7) is 0.738. The van der Waals surface area contributed by atoms with Crippen LogP contribution in [0.5, 0.6) is 0 Å². The van der Waals surface area contributed by atoms with Crippen molar-refractivity contribution in [1.29, 1.82) is 0 Å². The Morgan fingerprint density at radius 3 is 2.48 bits per heavy atom. The monoisotopic (exact) mass is 461 g/mol. The van der Waals surface area contributed by atoms with E-state index >= 15 is 0 Å². The number of nitrogens with zero attached hydrogens (tertiary/aromatic N) is 5. The first-order valence-corrected chi connectivity index (χ1v) is 9.95. The first-order valence-electron chi connectivity index (χ1n) is 9.95. The second kappa shape index (κ2) is 9.82. The first-order chi connectivity index (χ1) is 15.5. The average molecular weight is 461 g/mol. The van der Waals surface area contributed by atoms with Gasteiger partial charge in [0.1, 0.15) is 0 Å². The van der Waals surface area contributed by atoms with Crippen LogP contribution in [0.15, 0.2) is 60.8 Å². The Balaban J connectivity index is 1.86. The quantitative estimate of drug-likeness (QED) is 0.374. The smallest absolute Gasteiger partial charge is 0.332 e. The number of likely N-dealkylation sites (N-methyl/N-ethyl adjacent to an activating group) is 1. The number of carbonyl (C=O) groups is 1. The standard InChI is InChI=1S/C22H22F3N5O3/c1-27(2)11-12-28(15-16-5-3-6-17(13-16)22(23,24)25)21(31)20-9-10-29(26-20)18-7-4-8-19(14-18)30(32)33/h3-10,13-14H,11-12,15H2,1-2H3. The van der Waals surface area contributed by atoms with Crippen molar-refractivity contribution in [3.63, 3.8) is 0 Å². The molecule has 2 aromatic carbocycles. The first kappa shape index (κ1) is 23.9. The van der Waals surface area contributed by atoms with E-state index in [1.54, 1.807) is 6.07 Å². The minimum atomic E-state index is -4.48. The molecule has 0 fully saturated rings. The maximum Gasteiger partial charge on any atom is 0.416 e. The van der Waals surface area contributed by atoms with Gasteiger partial charge in [-0.15, -0.1) is 0 Å². The Morgan fingerprint density at radius 2 is 1.82 bits per heavy atom. The van der Waals surface area contributed by atoms with Crippen LogP contribution in [0.2, 0.25) is 0 Å². The summed E-state index contributed by atoms with van der Waals surface area (Å²) in [6, 6.07) is 12.1. The highest BCUT2D eigenvalue weighted by Gasteiger charge is 2.30. The summed E-state index contributed by atoms with van der Waals surface area (Å²) in [6.07, 6.45) is -2.98. The summed E-state index contributed by atoms with van der Waals surface area (Å²) in [4.78, 5) is 26.9. The van der Waals surface area contributed by atoms with Crippen LogP contribution in [0.4, 0.5) is 18.9 Å². The van der Waals surface area contributed by atoms with Gasteiger partial charge in [0, 0.05) is 38.0 Å². The van der Waals surface area contributed by atoms with Crippen LogP contribution in [0.3, 0.4) is 0 Å². The average Bonchev–Trinajstić information content (AvgIpc) is 3.26. The second-order valence-electron chi connectivity index (χ2n) is 7.65. The Kier molecular flexibility index (Phi) is 7.12. The number of hydrogen-bond acceptors (Lipinski definition) is 5. The van der Waals surface area contributed by atoms with E-state index in [0.29, 0.717) is 17.8 Å². The van der Waals surface area contributed by atoms with Gasteiger partial charge in [0.05, 0.1) is 16.2 Å². The van der Waals surface area contributed by atoms with Crippen LogP contribution in [-0.4, -0.2) is 57.6 Å². The molecule has 3 aromatic rings. The van der Waals surface area contributed by atoms with Crippen LogP contribution in [0, 0.1) is 10.1 Å². The van der Waals surface area contributed by atoms with Gasteiger partial charge in [-0.25, -0.2) is 4.68 Å². The molecule has 0 radical (unpaired) electrons. The molecule has 0 spiro atoms. The predicted molar refractivity (Wildman–Crippen MR) is 115 cm³/mol. The van der Waals surface area contributed by atoms with Gasteiger partial charge in [-0.2, -0.15) is 18.3 Å². The van der Waals surface area contributed by atoms with Crippen LogP contribution in [-0.2, 0) is 12.7 Å². The minimum Gasteiger partial charge on any atom is -0.332 e. The van der Waals surface area contributed by atoms with E-state index in [1.165, 1.54) is 52.2 Å². The fourth-order valence-corrected chi connectivity index (χ4v) is 3.13. The predicted octanol–water partition coefficient (Wildman–Crippen LogP) is 4.00. The lowest BCUT2D eigenvalue weighted by Crippen LogP contribution is -2.36. The maximum absolute atomic E-state index is 13.2. The SMILES string of the molecule is CN(C)CCN(Cc1cccc(C(F)(F)F)c1)C(=O)c1ccn(-c2cccc([N+](=O)[O-])c2)n1. The van der Waals surface area contributed by atoms with Gasteiger partial charge in [0.15, 0.2) is 5.69 Å². The Labute approximate surface area is 188 Å². The number of alkyl halides is 3. The number of nitro groups is 1. The van der Waals surface area contributed by atoms with Gasteiger partial charge in [-0.1, -0.05) is 18.2 Å². The van der Waals surface area contributed by atoms with Crippen LogP contribution in [0.25, 0.3) is 5.69 Å². The van der Waals surface area contributed by atoms with Gasteiger partial charge in [0.25, 0.3) is 11.6 Å². The van der Waals surface area contributed by atoms with Crippen molar-refractivity contribution < 1.29 is 22.9 Å². The highest BCUT2D eigenvalue weighted by Crippen LogP contribution is 2.30. The third kappa shape index (κ3) is 6.16. The van der Waals surface area contributed by atoms with E-state index in [-0.39, 0.29) is 24.5 Å². The number of nitro benzene ring substituents is 1. The Morgan fingerprint density at radius 1 is 1.09 bits per heavy atom. The van der Waals surface area contributed by atoms with Gasteiger partial charge in [-0.05, 0) is 43.9 Å². The van der Waals surface area contributed by atoms with Gasteiger partial charge in [-0.3, -0.25) is 14.9 Å². The zero-order valence-corrected chi connectivity index (χ0v) is 18.0. The molecule has 0 N–H and O–H groups in total. The maximum atomic E-state index is 13.2. The highest BCUT2D eigenvalue weighted by atomic mass is 19.4. The van der Waals surface area contributed by atoms with Crippen molar-refractivity contribution in [2.45, 2.75) is 12.7 Å². The number of hydrogen-bond donors (Lipinski definition) is 0. The van der Waals surface area contributed by atoms with Crippen LogP contribution >= 0.6 is 0 Å². The molecular weight excluding hydrogens is 439 g/mol. The third-order valence-corrected chi connectivity index (χ3v) is 4.85. The molecule has 3 rings (SSSR count). The van der Waals surface area contributed by atoms with Gasteiger partial charge >= 0.3 is 6.18 Å². The topological polar surface area (TPSA) is 84.5 Å². The molecule has 33 heavy (non-hydrogen) atoms. The molecule has 0 aliphatic carbocycles.